The lowest BCUT2D eigenvalue weighted by Crippen LogP contribution is -2.15. The van der Waals surface area contributed by atoms with Gasteiger partial charge in [-0.1, -0.05) is 121 Å². The highest BCUT2D eigenvalue weighted by atomic mass is 15.0. The fourth-order valence-electron chi connectivity index (χ4n) is 8.62. The lowest BCUT2D eigenvalue weighted by molar-refractivity contribution is 0.602. The zero-order valence-corrected chi connectivity index (χ0v) is 26.9. The molecule has 1 unspecified atom stereocenters. The predicted octanol–water partition coefficient (Wildman–Crippen LogP) is 12.1. The van der Waals surface area contributed by atoms with Crippen LogP contribution in [0.4, 0.5) is 0 Å². The number of allylic oxidation sites excluding steroid dienone is 9. The molecule has 1 atom stereocenters. The average Bonchev–Trinajstić information content (AvgIpc) is 3.68. The van der Waals surface area contributed by atoms with Crippen molar-refractivity contribution in [3.63, 3.8) is 0 Å². The van der Waals surface area contributed by atoms with Gasteiger partial charge in [0.25, 0.3) is 0 Å². The molecule has 2 nitrogen and oxygen atoms in total. The Morgan fingerprint density at radius 2 is 1.44 bits per heavy atom. The Bertz CT molecular complexity index is 2580. The topological polar surface area (TPSA) is 9.86 Å². The summed E-state index contributed by atoms with van der Waals surface area (Å²) in [5, 5.41) is 6.59. The molecule has 0 radical (unpaired) electrons. The Balaban J connectivity index is 1.24. The van der Waals surface area contributed by atoms with Gasteiger partial charge in [0.15, 0.2) is 0 Å². The fourth-order valence-corrected chi connectivity index (χ4v) is 8.62. The Labute approximate surface area is 280 Å². The fraction of sp³-hybridized carbons (Fsp3) is 0.130. The quantitative estimate of drug-likeness (QED) is 0.186. The first kappa shape index (κ1) is 27.5. The molecule has 0 aliphatic heterocycles. The van der Waals surface area contributed by atoms with E-state index in [1.165, 1.54) is 82.7 Å². The van der Waals surface area contributed by atoms with Gasteiger partial charge in [0.1, 0.15) is 0 Å². The highest BCUT2D eigenvalue weighted by Crippen LogP contribution is 2.46. The van der Waals surface area contributed by atoms with E-state index in [-0.39, 0.29) is 6.04 Å². The molecule has 230 valence electrons. The van der Waals surface area contributed by atoms with Crippen molar-refractivity contribution in [2.75, 3.05) is 0 Å². The molecule has 2 heterocycles. The molecule has 2 heteroatoms. The summed E-state index contributed by atoms with van der Waals surface area (Å²) in [6.45, 7) is 0. The third kappa shape index (κ3) is 4.26. The zero-order valence-electron chi connectivity index (χ0n) is 26.9. The summed E-state index contributed by atoms with van der Waals surface area (Å²) >= 11 is 0. The normalized spacial score (nSPS) is 17.6. The lowest BCUT2D eigenvalue weighted by Gasteiger charge is -2.28. The van der Waals surface area contributed by atoms with Gasteiger partial charge in [-0.25, -0.2) is 0 Å². The predicted molar refractivity (Wildman–Crippen MR) is 204 cm³/mol. The van der Waals surface area contributed by atoms with E-state index >= 15 is 0 Å². The third-order valence-electron chi connectivity index (χ3n) is 10.8. The van der Waals surface area contributed by atoms with Gasteiger partial charge in [0.2, 0.25) is 0 Å². The van der Waals surface area contributed by atoms with Gasteiger partial charge >= 0.3 is 0 Å². The Morgan fingerprint density at radius 3 is 2.33 bits per heavy atom. The minimum Gasteiger partial charge on any atom is -0.337 e. The summed E-state index contributed by atoms with van der Waals surface area (Å²) in [6, 6.07) is 40.6. The maximum absolute atomic E-state index is 2.71. The molecule has 0 saturated carbocycles. The summed E-state index contributed by atoms with van der Waals surface area (Å²) in [5.41, 5.74) is 13.5. The van der Waals surface area contributed by atoms with Crippen LogP contribution in [0.25, 0.3) is 60.8 Å². The minimum atomic E-state index is 0.232. The molecule has 48 heavy (non-hydrogen) atoms. The molecule has 5 aromatic carbocycles. The van der Waals surface area contributed by atoms with Gasteiger partial charge in [0.05, 0.1) is 22.6 Å². The highest BCUT2D eigenvalue weighted by Gasteiger charge is 2.28. The van der Waals surface area contributed by atoms with E-state index in [2.05, 4.69) is 161 Å². The maximum atomic E-state index is 2.71. The van der Waals surface area contributed by atoms with E-state index in [4.69, 9.17) is 0 Å². The average molecular weight is 617 g/mol. The number of nitrogens with zero attached hydrogens (tertiary/aromatic N) is 2. The second-order valence-electron chi connectivity index (χ2n) is 13.5. The molecule has 0 bridgehead atoms. The molecule has 0 saturated heterocycles. The molecule has 3 aliphatic carbocycles. The molecule has 3 aliphatic rings. The molecule has 10 rings (SSSR count). The van der Waals surface area contributed by atoms with Crippen molar-refractivity contribution in [1.29, 1.82) is 0 Å². The van der Waals surface area contributed by atoms with E-state index in [9.17, 15) is 0 Å². The molecule has 2 aromatic heterocycles. The number of rotatable bonds is 4. The summed E-state index contributed by atoms with van der Waals surface area (Å²) < 4.78 is 5.19. The Kier molecular flexibility index (Phi) is 6.30. The van der Waals surface area contributed by atoms with Gasteiger partial charge in [-0.05, 0) is 95.5 Å². The van der Waals surface area contributed by atoms with E-state index < -0.39 is 0 Å². The number of hydrogen-bond donors (Lipinski definition) is 0. The van der Waals surface area contributed by atoms with Crippen LogP contribution in [0, 0.1) is 0 Å². The summed E-state index contributed by atoms with van der Waals surface area (Å²) in [6.07, 6.45) is 22.0. The van der Waals surface area contributed by atoms with Crippen molar-refractivity contribution in [3.05, 3.63) is 174 Å². The smallest absolute Gasteiger partial charge is 0.0569 e. The highest BCUT2D eigenvalue weighted by molar-refractivity contribution is 6.23. The molecule has 7 aromatic rings. The van der Waals surface area contributed by atoms with Gasteiger partial charge in [-0.3, -0.25) is 0 Å². The molecule has 0 N–H and O–H groups in total. The van der Waals surface area contributed by atoms with Crippen LogP contribution in [0.5, 0.6) is 0 Å². The van der Waals surface area contributed by atoms with Crippen LogP contribution < -0.4 is 0 Å². The van der Waals surface area contributed by atoms with E-state index in [0.717, 1.165) is 32.1 Å². The number of fused-ring (bicyclic) bond motifs is 8. The second-order valence-corrected chi connectivity index (χ2v) is 13.5. The van der Waals surface area contributed by atoms with Crippen molar-refractivity contribution >= 4 is 55.1 Å². The zero-order chi connectivity index (χ0) is 31.6. The molecular formula is C46H36N2. The van der Waals surface area contributed by atoms with Crippen LogP contribution >= 0.6 is 0 Å². The summed E-state index contributed by atoms with van der Waals surface area (Å²) in [5.74, 6) is 0. The van der Waals surface area contributed by atoms with Crippen molar-refractivity contribution < 1.29 is 0 Å². The monoisotopic (exact) mass is 616 g/mol. The molecule has 0 amide bonds. The van der Waals surface area contributed by atoms with Gasteiger partial charge in [-0.2, -0.15) is 0 Å². The first-order valence-corrected chi connectivity index (χ1v) is 17.4. The van der Waals surface area contributed by atoms with Crippen molar-refractivity contribution in [2.24, 2.45) is 0 Å². The Morgan fingerprint density at radius 1 is 0.625 bits per heavy atom. The summed E-state index contributed by atoms with van der Waals surface area (Å²) in [7, 11) is 0. The molecular weight excluding hydrogens is 581 g/mol. The van der Waals surface area contributed by atoms with E-state index in [1.54, 1.807) is 0 Å². The number of benzene rings is 5. The van der Waals surface area contributed by atoms with Crippen molar-refractivity contribution in [1.82, 2.24) is 9.13 Å². The first-order chi connectivity index (χ1) is 23.8. The van der Waals surface area contributed by atoms with Crippen LogP contribution in [-0.4, -0.2) is 9.13 Å². The number of hydrogen-bond acceptors (Lipinski definition) is 0. The lowest BCUT2D eigenvalue weighted by atomic mass is 9.85. The van der Waals surface area contributed by atoms with Gasteiger partial charge in [-0.15, -0.1) is 0 Å². The Hall–Kier alpha value is -5.60. The number of aromatic nitrogens is 2. The van der Waals surface area contributed by atoms with Gasteiger partial charge < -0.3 is 9.13 Å². The van der Waals surface area contributed by atoms with Crippen LogP contribution in [0.3, 0.4) is 0 Å². The van der Waals surface area contributed by atoms with Gasteiger partial charge in [0, 0.05) is 33.1 Å². The first-order valence-electron chi connectivity index (χ1n) is 17.4. The standard InChI is InChI=1S/C46H36N2/c1-3-13-31(14-4-1)35-27-36(32-15-5-2-6-16-32)30-38(29-35)48-42-22-12-10-20-40(42)46-44(48)26-25-43-45(46)39-19-9-11-21-41(39)47(43)37-24-23-33-17-7-8-18-34(33)28-37/h1-5,7-11,13-15,17-21,23-28,30,38H,6,12,16,22,29H2. The van der Waals surface area contributed by atoms with Crippen molar-refractivity contribution in [3.8, 4) is 5.69 Å². The van der Waals surface area contributed by atoms with Crippen molar-refractivity contribution in [2.45, 2.75) is 38.1 Å². The second kappa shape index (κ2) is 11.0. The van der Waals surface area contributed by atoms with Crippen LogP contribution in [0.2, 0.25) is 0 Å². The molecule has 0 fully saturated rings. The minimum absolute atomic E-state index is 0.232. The van der Waals surface area contributed by atoms with E-state index in [0.29, 0.717) is 0 Å². The van der Waals surface area contributed by atoms with Crippen LogP contribution in [0.1, 0.15) is 48.5 Å². The SMILES string of the molecule is C1=CCCC(C2=CC(n3c4c(c5c6c7ccccc7n(-c7ccc8ccccc8c7)c6ccc53)C=CCC4)CC(c3ccccc3)=C2)=C1. The third-order valence-corrected chi connectivity index (χ3v) is 10.8. The van der Waals surface area contributed by atoms with Crippen LogP contribution in [0.15, 0.2) is 157 Å². The summed E-state index contributed by atoms with van der Waals surface area (Å²) in [4.78, 5) is 0. The largest absolute Gasteiger partial charge is 0.337 e. The maximum Gasteiger partial charge on any atom is 0.0569 e. The van der Waals surface area contributed by atoms with Crippen LogP contribution in [-0.2, 0) is 6.42 Å². The van der Waals surface area contributed by atoms with E-state index in [1.807, 2.05) is 0 Å². The molecule has 0 spiro atoms. The number of para-hydroxylation sites is 1.